The highest BCUT2D eigenvalue weighted by molar-refractivity contribution is 6.46. The second kappa shape index (κ2) is 7.71. The summed E-state index contributed by atoms with van der Waals surface area (Å²) in [6.45, 7) is 1.83. The molecule has 0 aromatic heterocycles. The van der Waals surface area contributed by atoms with Crippen LogP contribution in [0.5, 0.6) is 0 Å². The summed E-state index contributed by atoms with van der Waals surface area (Å²) in [5, 5.41) is 41.1. The molecule has 0 fully saturated rings. The molecule has 0 saturated heterocycles. The Morgan fingerprint density at radius 3 is 1.67 bits per heavy atom. The van der Waals surface area contributed by atoms with Gasteiger partial charge in [0.15, 0.2) is 23.0 Å². The molecule has 0 bridgehead atoms. The van der Waals surface area contributed by atoms with Crippen LogP contribution in [0.1, 0.15) is 27.7 Å². The molecule has 0 aromatic rings. The molecule has 5 N–H and O–H groups in total. The summed E-state index contributed by atoms with van der Waals surface area (Å²) in [5.41, 5.74) is -6.55. The Bertz CT molecular complexity index is 573. The van der Waals surface area contributed by atoms with Crippen LogP contribution in [-0.4, -0.2) is 79.4 Å². The van der Waals surface area contributed by atoms with E-state index in [4.69, 9.17) is 5.11 Å². The molecule has 10 nitrogen and oxygen atoms in total. The largest absolute Gasteiger partial charge is 0.394 e. The number of aliphatic hydroxyl groups is 4. The zero-order chi connectivity index (χ0) is 19.5. The molecule has 0 heterocycles. The maximum absolute atomic E-state index is 12.4. The summed E-state index contributed by atoms with van der Waals surface area (Å²) in [7, 11) is 0. The molecule has 10 heteroatoms. The molecule has 0 unspecified atom stereocenters. The number of Topliss-reactive ketones (excluding diaryl/α,β-unsaturated/α-hetero) is 4. The molecule has 24 heavy (non-hydrogen) atoms. The van der Waals surface area contributed by atoms with E-state index < -0.39 is 59.0 Å². The number of carbonyl (C=O) groups is 5. The lowest BCUT2D eigenvalue weighted by Crippen LogP contribution is -2.80. The summed E-state index contributed by atoms with van der Waals surface area (Å²) in [6, 6.07) is 0. The second-order valence-electron chi connectivity index (χ2n) is 5.39. The molecule has 0 spiro atoms. The van der Waals surface area contributed by atoms with E-state index >= 15 is 0 Å². The Balaban J connectivity index is 6.88. The standard InChI is InChI=1S/C14H21NO9/c1-6(17)11(22)13(7(2)18,15-9(4)20)14(24,8(3)19)12(23)10(21)5-16/h10,12,16,21,23-24H,5H2,1-4H3,(H,15,20)/t10-,12-,13+,14+/m1/s1. The van der Waals surface area contributed by atoms with Crippen molar-refractivity contribution in [2.24, 2.45) is 0 Å². The van der Waals surface area contributed by atoms with Gasteiger partial charge in [0.2, 0.25) is 17.2 Å². The average Bonchev–Trinajstić information content (AvgIpc) is 2.48. The van der Waals surface area contributed by atoms with E-state index in [1.54, 1.807) is 5.32 Å². The fourth-order valence-electron chi connectivity index (χ4n) is 2.44. The topological polar surface area (TPSA) is 178 Å². The van der Waals surface area contributed by atoms with Gasteiger partial charge in [0, 0.05) is 13.8 Å². The van der Waals surface area contributed by atoms with Gasteiger partial charge < -0.3 is 25.7 Å². The Hall–Kier alpha value is -2.01. The maximum atomic E-state index is 12.4. The van der Waals surface area contributed by atoms with Crippen molar-refractivity contribution in [1.29, 1.82) is 0 Å². The SMILES string of the molecule is CC(=O)N[C@@](C(C)=O)(C(=O)C(C)=O)[C@](O)(C(C)=O)[C@H](O)[C@H](O)CO. The smallest absolute Gasteiger partial charge is 0.234 e. The fourth-order valence-corrected chi connectivity index (χ4v) is 2.44. The van der Waals surface area contributed by atoms with Crippen LogP contribution >= 0.6 is 0 Å². The molecule has 0 aromatic carbocycles. The lowest BCUT2D eigenvalue weighted by Gasteiger charge is -2.45. The Morgan fingerprint density at radius 2 is 1.42 bits per heavy atom. The van der Waals surface area contributed by atoms with Crippen molar-refractivity contribution in [2.45, 2.75) is 51.0 Å². The molecule has 4 atom stereocenters. The summed E-state index contributed by atoms with van der Waals surface area (Å²) >= 11 is 0. The number of nitrogens with one attached hydrogen (secondary N) is 1. The summed E-state index contributed by atoms with van der Waals surface area (Å²) in [5.74, 6) is -6.72. The van der Waals surface area contributed by atoms with Crippen LogP contribution < -0.4 is 5.32 Å². The number of aliphatic hydroxyl groups excluding tert-OH is 3. The Labute approximate surface area is 137 Å². The van der Waals surface area contributed by atoms with Crippen LogP contribution in [0.2, 0.25) is 0 Å². The zero-order valence-electron chi connectivity index (χ0n) is 13.7. The Kier molecular flexibility index (Phi) is 7.06. The molecular formula is C14H21NO9. The van der Waals surface area contributed by atoms with Gasteiger partial charge in [-0.25, -0.2) is 0 Å². The first-order valence-electron chi connectivity index (χ1n) is 6.86. The molecule has 0 saturated carbocycles. The number of rotatable bonds is 9. The number of ketones is 4. The lowest BCUT2D eigenvalue weighted by atomic mass is 9.66. The van der Waals surface area contributed by atoms with Crippen molar-refractivity contribution in [3.05, 3.63) is 0 Å². The van der Waals surface area contributed by atoms with E-state index in [1.165, 1.54) is 0 Å². The average molecular weight is 347 g/mol. The minimum absolute atomic E-state index is 0.681. The molecule has 1 amide bonds. The van der Waals surface area contributed by atoms with Crippen molar-refractivity contribution in [3.63, 3.8) is 0 Å². The van der Waals surface area contributed by atoms with Crippen LogP contribution in [0, 0.1) is 0 Å². The van der Waals surface area contributed by atoms with Gasteiger partial charge in [-0.2, -0.15) is 0 Å². The zero-order valence-corrected chi connectivity index (χ0v) is 13.7. The number of amides is 1. The van der Waals surface area contributed by atoms with Gasteiger partial charge in [-0.1, -0.05) is 0 Å². The molecule has 0 aliphatic heterocycles. The molecule has 0 aliphatic rings. The molecular weight excluding hydrogens is 326 g/mol. The molecule has 0 aliphatic carbocycles. The highest BCUT2D eigenvalue weighted by Gasteiger charge is 2.67. The third-order valence-corrected chi connectivity index (χ3v) is 3.64. The molecule has 0 radical (unpaired) electrons. The van der Waals surface area contributed by atoms with Crippen molar-refractivity contribution < 1.29 is 44.4 Å². The first-order chi connectivity index (χ1) is 10.8. The molecule has 0 rings (SSSR count). The van der Waals surface area contributed by atoms with Gasteiger partial charge in [-0.3, -0.25) is 24.0 Å². The van der Waals surface area contributed by atoms with E-state index in [0.717, 1.165) is 13.8 Å². The second-order valence-corrected chi connectivity index (χ2v) is 5.39. The van der Waals surface area contributed by atoms with Crippen LogP contribution in [-0.2, 0) is 24.0 Å². The van der Waals surface area contributed by atoms with E-state index in [1.807, 2.05) is 0 Å². The highest BCUT2D eigenvalue weighted by Crippen LogP contribution is 2.32. The third-order valence-electron chi connectivity index (χ3n) is 3.64. The Morgan fingerprint density at radius 1 is 0.958 bits per heavy atom. The van der Waals surface area contributed by atoms with Gasteiger partial charge in [-0.15, -0.1) is 0 Å². The first kappa shape index (κ1) is 22.0. The monoisotopic (exact) mass is 347 g/mol. The summed E-state index contributed by atoms with van der Waals surface area (Å²) in [4.78, 5) is 59.5. The van der Waals surface area contributed by atoms with E-state index in [-0.39, 0.29) is 0 Å². The lowest BCUT2D eigenvalue weighted by molar-refractivity contribution is -0.191. The summed E-state index contributed by atoms with van der Waals surface area (Å²) < 4.78 is 0. The van der Waals surface area contributed by atoms with Gasteiger partial charge in [0.25, 0.3) is 0 Å². The first-order valence-corrected chi connectivity index (χ1v) is 6.86. The minimum Gasteiger partial charge on any atom is -0.394 e. The van der Waals surface area contributed by atoms with Crippen LogP contribution in [0.15, 0.2) is 0 Å². The van der Waals surface area contributed by atoms with Crippen molar-refractivity contribution in [1.82, 2.24) is 5.32 Å². The minimum atomic E-state index is -3.39. The van der Waals surface area contributed by atoms with Gasteiger partial charge >= 0.3 is 0 Å². The van der Waals surface area contributed by atoms with Crippen molar-refractivity contribution in [2.75, 3.05) is 6.61 Å². The van der Waals surface area contributed by atoms with Crippen LogP contribution in [0.4, 0.5) is 0 Å². The highest BCUT2D eigenvalue weighted by atomic mass is 16.4. The number of carbonyl (C=O) groups excluding carboxylic acids is 5. The van der Waals surface area contributed by atoms with Gasteiger partial charge in [0.05, 0.1) is 6.61 Å². The van der Waals surface area contributed by atoms with E-state index in [9.17, 15) is 39.3 Å². The number of hydrogen-bond acceptors (Lipinski definition) is 9. The van der Waals surface area contributed by atoms with Crippen molar-refractivity contribution in [3.8, 4) is 0 Å². The fraction of sp³-hybridized carbons (Fsp3) is 0.643. The summed E-state index contributed by atoms with van der Waals surface area (Å²) in [6.07, 6.45) is -4.70. The van der Waals surface area contributed by atoms with Crippen LogP contribution in [0.3, 0.4) is 0 Å². The third kappa shape index (κ3) is 3.41. The predicted octanol–water partition coefficient (Wildman–Crippen LogP) is -3.36. The number of hydrogen-bond donors (Lipinski definition) is 5. The maximum Gasteiger partial charge on any atom is 0.234 e. The van der Waals surface area contributed by atoms with Crippen molar-refractivity contribution >= 4 is 29.0 Å². The quantitative estimate of drug-likeness (QED) is 0.210. The molecule has 136 valence electrons. The van der Waals surface area contributed by atoms with Crippen LogP contribution in [0.25, 0.3) is 0 Å². The van der Waals surface area contributed by atoms with Gasteiger partial charge in [-0.05, 0) is 13.8 Å². The van der Waals surface area contributed by atoms with E-state index in [0.29, 0.717) is 13.8 Å². The van der Waals surface area contributed by atoms with Gasteiger partial charge in [0.1, 0.15) is 12.2 Å². The van der Waals surface area contributed by atoms with E-state index in [2.05, 4.69) is 0 Å². The predicted molar refractivity (Wildman–Crippen MR) is 77.6 cm³/mol. The normalized spacial score (nSPS) is 18.5.